The highest BCUT2D eigenvalue weighted by molar-refractivity contribution is 7.90. The van der Waals surface area contributed by atoms with Crippen LogP contribution in [0.25, 0.3) is 0 Å². The molecule has 0 N–H and O–H groups in total. The van der Waals surface area contributed by atoms with Gasteiger partial charge in [0.1, 0.15) is 4.91 Å². The number of aryl methyl sites for hydroxylation is 1. The van der Waals surface area contributed by atoms with Crippen molar-refractivity contribution in [3.63, 3.8) is 0 Å². The molecule has 0 spiro atoms. The number of ether oxygens (including phenoxy) is 2. The monoisotopic (exact) mass is 280 g/mol. The third kappa shape index (κ3) is 2.77. The van der Waals surface area contributed by atoms with Gasteiger partial charge < -0.3 is 9.47 Å². The fourth-order valence-electron chi connectivity index (χ4n) is 1.82. The van der Waals surface area contributed by atoms with Crippen LogP contribution in [0.15, 0.2) is 39.6 Å². The van der Waals surface area contributed by atoms with E-state index in [-0.39, 0.29) is 4.91 Å². The van der Waals surface area contributed by atoms with Gasteiger partial charge in [0.05, 0.1) is 10.8 Å². The third-order valence-corrected chi connectivity index (χ3v) is 4.41. The first-order valence-corrected chi connectivity index (χ1v) is 7.21. The summed E-state index contributed by atoms with van der Waals surface area (Å²) >= 11 is 0. The van der Waals surface area contributed by atoms with Gasteiger partial charge in [-0.15, -0.1) is 0 Å². The molecular weight excluding hydrogens is 264 g/mol. The molecule has 19 heavy (non-hydrogen) atoms. The maximum absolute atomic E-state index is 12.4. The van der Waals surface area contributed by atoms with Gasteiger partial charge in [-0.2, -0.15) is 0 Å². The molecule has 2 atom stereocenters. The summed E-state index contributed by atoms with van der Waals surface area (Å²) in [5.41, 5.74) is 1.67. The Bertz CT molecular complexity index is 545. The van der Waals surface area contributed by atoms with Gasteiger partial charge in [0.15, 0.2) is 0 Å². The highest BCUT2D eigenvalue weighted by Crippen LogP contribution is 2.28. The summed E-state index contributed by atoms with van der Waals surface area (Å²) in [6, 6.07) is 7.24. The van der Waals surface area contributed by atoms with Crippen LogP contribution in [0.2, 0.25) is 0 Å². The van der Waals surface area contributed by atoms with Crippen LogP contribution in [-0.4, -0.2) is 23.1 Å². The second-order valence-electron chi connectivity index (χ2n) is 4.29. The Labute approximate surface area is 114 Å². The van der Waals surface area contributed by atoms with Crippen molar-refractivity contribution in [2.24, 2.45) is 0 Å². The molecule has 0 saturated heterocycles. The van der Waals surface area contributed by atoms with E-state index in [1.807, 2.05) is 26.0 Å². The number of cyclic esters (lactones) is 1. The molecule has 0 aliphatic carbocycles. The molecule has 1 aliphatic rings. The highest BCUT2D eigenvalue weighted by Gasteiger charge is 2.35. The maximum atomic E-state index is 12.4. The summed E-state index contributed by atoms with van der Waals surface area (Å²) in [5.74, 6) is -0.560. The summed E-state index contributed by atoms with van der Waals surface area (Å²) in [7, 11) is -1.53. The first kappa shape index (κ1) is 14.0. The van der Waals surface area contributed by atoms with E-state index < -0.39 is 23.1 Å². The molecule has 1 unspecified atom stereocenters. The molecule has 0 saturated carbocycles. The normalized spacial score (nSPS) is 20.6. The van der Waals surface area contributed by atoms with Crippen LogP contribution in [-0.2, 0) is 25.1 Å². The molecule has 2 rings (SSSR count). The van der Waals surface area contributed by atoms with Gasteiger partial charge in [-0.1, -0.05) is 17.7 Å². The fraction of sp³-hybridized carbons (Fsp3) is 0.357. The summed E-state index contributed by atoms with van der Waals surface area (Å²) in [5, 5.41) is 0. The first-order chi connectivity index (χ1) is 9.04. The minimum absolute atomic E-state index is 0.197. The van der Waals surface area contributed by atoms with E-state index in [4.69, 9.17) is 9.47 Å². The molecule has 0 bridgehead atoms. The lowest BCUT2D eigenvalue weighted by atomic mass is 10.2. The zero-order valence-corrected chi connectivity index (χ0v) is 12.0. The Morgan fingerprint density at radius 2 is 1.89 bits per heavy atom. The Morgan fingerprint density at radius 1 is 1.26 bits per heavy atom. The Balaban J connectivity index is 2.32. The van der Waals surface area contributed by atoms with Crippen LogP contribution in [0.1, 0.15) is 19.4 Å². The number of benzene rings is 1. The van der Waals surface area contributed by atoms with Gasteiger partial charge in [-0.05, 0) is 32.9 Å². The minimum Gasteiger partial charge on any atom is -0.428 e. The fourth-order valence-corrected chi connectivity index (χ4v) is 3.03. The molecule has 0 amide bonds. The molecule has 0 radical (unpaired) electrons. The van der Waals surface area contributed by atoms with Crippen molar-refractivity contribution < 1.29 is 18.5 Å². The Kier molecular flexibility index (Phi) is 4.17. The molecule has 1 aliphatic heterocycles. The zero-order chi connectivity index (χ0) is 14.0. The predicted molar refractivity (Wildman–Crippen MR) is 71.8 cm³/mol. The van der Waals surface area contributed by atoms with E-state index in [9.17, 15) is 9.00 Å². The van der Waals surface area contributed by atoms with Crippen molar-refractivity contribution >= 4 is 16.8 Å². The minimum atomic E-state index is -1.53. The number of carbonyl (C=O) groups is 1. The molecule has 0 fully saturated rings. The highest BCUT2D eigenvalue weighted by atomic mass is 32.2. The van der Waals surface area contributed by atoms with E-state index in [0.717, 1.165) is 5.56 Å². The van der Waals surface area contributed by atoms with Gasteiger partial charge in [0.2, 0.25) is 6.29 Å². The van der Waals surface area contributed by atoms with Crippen molar-refractivity contribution in [1.82, 2.24) is 0 Å². The van der Waals surface area contributed by atoms with Crippen LogP contribution < -0.4 is 0 Å². The number of esters is 1. The summed E-state index contributed by atoms with van der Waals surface area (Å²) in [6.45, 7) is 5.91. The lowest BCUT2D eigenvalue weighted by Gasteiger charge is -2.09. The molecule has 1 aromatic rings. The van der Waals surface area contributed by atoms with E-state index in [1.54, 1.807) is 19.1 Å². The molecule has 0 aromatic heterocycles. The Hall–Kier alpha value is -1.46. The van der Waals surface area contributed by atoms with Crippen LogP contribution in [0.5, 0.6) is 0 Å². The number of carbonyl (C=O) groups excluding carboxylic acids is 1. The second-order valence-corrected chi connectivity index (χ2v) is 5.70. The van der Waals surface area contributed by atoms with E-state index in [1.165, 1.54) is 0 Å². The van der Waals surface area contributed by atoms with Crippen LogP contribution in [0.3, 0.4) is 0 Å². The van der Waals surface area contributed by atoms with Crippen molar-refractivity contribution in [3.8, 4) is 0 Å². The van der Waals surface area contributed by atoms with Gasteiger partial charge in [-0.25, -0.2) is 9.00 Å². The largest absolute Gasteiger partial charge is 0.428 e. The molecule has 5 heteroatoms. The second kappa shape index (κ2) is 5.67. The number of hydrogen-bond acceptors (Lipinski definition) is 4. The lowest BCUT2D eigenvalue weighted by molar-refractivity contribution is -0.158. The van der Waals surface area contributed by atoms with Gasteiger partial charge in [0.25, 0.3) is 0 Å². The Morgan fingerprint density at radius 3 is 2.47 bits per heavy atom. The van der Waals surface area contributed by atoms with E-state index in [0.29, 0.717) is 17.1 Å². The van der Waals surface area contributed by atoms with Crippen molar-refractivity contribution in [3.05, 3.63) is 40.3 Å². The standard InChI is InChI=1S/C14H16O4S/c1-4-17-14-10(3)12(13(15)18-14)19(16)11-7-5-9(2)6-8-11/h5-8,14H,4H2,1-3H3/t14-,19?/m1/s1. The molecule has 102 valence electrons. The average molecular weight is 280 g/mol. The third-order valence-electron chi connectivity index (χ3n) is 2.85. The van der Waals surface area contributed by atoms with Crippen molar-refractivity contribution in [2.75, 3.05) is 6.61 Å². The summed E-state index contributed by atoms with van der Waals surface area (Å²) in [4.78, 5) is 12.6. The van der Waals surface area contributed by atoms with Gasteiger partial charge in [0, 0.05) is 17.1 Å². The molecule has 1 aromatic carbocycles. The summed E-state index contributed by atoms with van der Waals surface area (Å²) < 4.78 is 22.8. The number of rotatable bonds is 4. The van der Waals surface area contributed by atoms with Gasteiger partial charge in [-0.3, -0.25) is 0 Å². The average Bonchev–Trinajstić information content (AvgIpc) is 2.65. The van der Waals surface area contributed by atoms with Crippen LogP contribution in [0, 0.1) is 6.92 Å². The quantitative estimate of drug-likeness (QED) is 0.794. The predicted octanol–water partition coefficient (Wildman–Crippen LogP) is 2.30. The van der Waals surface area contributed by atoms with Crippen LogP contribution in [0.4, 0.5) is 0 Å². The molecule has 4 nitrogen and oxygen atoms in total. The SMILES string of the molecule is CCO[C@@H]1OC(=O)C(S(=O)c2ccc(C)cc2)=C1C. The molecular formula is C14H16O4S. The van der Waals surface area contributed by atoms with E-state index in [2.05, 4.69) is 0 Å². The molecule has 1 heterocycles. The van der Waals surface area contributed by atoms with Crippen molar-refractivity contribution in [2.45, 2.75) is 32.0 Å². The number of hydrogen-bond donors (Lipinski definition) is 0. The van der Waals surface area contributed by atoms with Crippen molar-refractivity contribution in [1.29, 1.82) is 0 Å². The smallest absolute Gasteiger partial charge is 0.350 e. The summed E-state index contributed by atoms with van der Waals surface area (Å²) in [6.07, 6.45) is -0.707. The zero-order valence-electron chi connectivity index (χ0n) is 11.1. The van der Waals surface area contributed by atoms with Gasteiger partial charge >= 0.3 is 5.97 Å². The maximum Gasteiger partial charge on any atom is 0.350 e. The lowest BCUT2D eigenvalue weighted by Crippen LogP contribution is -2.14. The first-order valence-electron chi connectivity index (χ1n) is 6.06. The topological polar surface area (TPSA) is 52.6 Å². The van der Waals surface area contributed by atoms with E-state index >= 15 is 0 Å². The van der Waals surface area contributed by atoms with Crippen LogP contribution >= 0.6 is 0 Å².